The first-order valence-electron chi connectivity index (χ1n) is 11.1. The highest BCUT2D eigenvalue weighted by Gasteiger charge is 2.09. The molecule has 8 heteroatoms. The van der Waals surface area contributed by atoms with E-state index in [-0.39, 0.29) is 36.7 Å². The Labute approximate surface area is 212 Å². The predicted molar refractivity (Wildman–Crippen MR) is 144 cm³/mol. The summed E-state index contributed by atoms with van der Waals surface area (Å²) in [5.41, 5.74) is 8.70. The van der Waals surface area contributed by atoms with Crippen molar-refractivity contribution in [3.8, 4) is 0 Å². The fourth-order valence-electron chi connectivity index (χ4n) is 3.89. The number of benzene rings is 2. The summed E-state index contributed by atoms with van der Waals surface area (Å²) in [6.07, 6.45) is 4.96. The number of rotatable bonds is 9. The van der Waals surface area contributed by atoms with E-state index < -0.39 is 0 Å². The average molecular weight is 503 g/mol. The Morgan fingerprint density at radius 1 is 0.794 bits per heavy atom. The molecule has 4 aromatic rings. The van der Waals surface area contributed by atoms with Gasteiger partial charge in [-0.3, -0.25) is 10.8 Å². The van der Waals surface area contributed by atoms with E-state index in [0.717, 1.165) is 71.1 Å². The van der Waals surface area contributed by atoms with Gasteiger partial charge in [-0.05, 0) is 51.0 Å². The third-order valence-corrected chi connectivity index (χ3v) is 5.52. The Bertz CT molecular complexity index is 1280. The lowest BCUT2D eigenvalue weighted by Crippen LogP contribution is -2.30. The minimum absolute atomic E-state index is 0. The molecular weight excluding hydrogens is 471 g/mol. The van der Waals surface area contributed by atoms with Gasteiger partial charge in [0.25, 0.3) is 0 Å². The molecule has 0 radical (unpaired) electrons. The number of amidine groups is 2. The lowest BCUT2D eigenvalue weighted by atomic mass is 10.1. The van der Waals surface area contributed by atoms with Crippen LogP contribution in [0.2, 0.25) is 0 Å². The van der Waals surface area contributed by atoms with Gasteiger partial charge in [-0.15, -0.1) is 24.8 Å². The van der Waals surface area contributed by atoms with Crippen LogP contribution in [0.3, 0.4) is 0 Å². The number of nitrogen functional groups attached to an aromatic ring is 1. The number of halogens is 2. The quantitative estimate of drug-likeness (QED) is 0.117. The van der Waals surface area contributed by atoms with Gasteiger partial charge in [-0.1, -0.05) is 30.7 Å². The van der Waals surface area contributed by atoms with Crippen molar-refractivity contribution in [2.24, 2.45) is 5.73 Å². The Morgan fingerprint density at radius 2 is 1.29 bits per heavy atom. The SMILES string of the molecule is CC(C)NC(=N)c1ccc2cc(CCCCCc3cc4ccc(C(=N)N)cc4o3)oc2c1.Cl.Cl. The zero-order valence-electron chi connectivity index (χ0n) is 19.4. The van der Waals surface area contributed by atoms with Crippen LogP contribution in [0.5, 0.6) is 0 Å². The molecule has 2 aromatic heterocycles. The van der Waals surface area contributed by atoms with Gasteiger partial charge in [-0.2, -0.15) is 0 Å². The van der Waals surface area contributed by atoms with Crippen LogP contribution in [-0.4, -0.2) is 17.7 Å². The van der Waals surface area contributed by atoms with Crippen LogP contribution in [0.15, 0.2) is 57.4 Å². The highest BCUT2D eigenvalue weighted by atomic mass is 35.5. The minimum Gasteiger partial charge on any atom is -0.461 e. The molecule has 5 N–H and O–H groups in total. The molecule has 6 nitrogen and oxygen atoms in total. The second-order valence-corrected chi connectivity index (χ2v) is 8.58. The van der Waals surface area contributed by atoms with Crippen molar-refractivity contribution >= 4 is 58.4 Å². The lowest BCUT2D eigenvalue weighted by molar-refractivity contribution is 0.509. The van der Waals surface area contributed by atoms with Crippen LogP contribution < -0.4 is 11.1 Å². The fraction of sp³-hybridized carbons (Fsp3) is 0.308. The molecule has 0 aliphatic carbocycles. The van der Waals surface area contributed by atoms with Crippen molar-refractivity contribution in [2.75, 3.05) is 0 Å². The largest absolute Gasteiger partial charge is 0.461 e. The number of aryl methyl sites for hydroxylation is 2. The van der Waals surface area contributed by atoms with Gasteiger partial charge in [0.15, 0.2) is 0 Å². The third-order valence-electron chi connectivity index (χ3n) is 5.52. The summed E-state index contributed by atoms with van der Waals surface area (Å²) in [5, 5.41) is 21.0. The van der Waals surface area contributed by atoms with Crippen LogP contribution in [-0.2, 0) is 12.8 Å². The lowest BCUT2D eigenvalue weighted by Gasteiger charge is -2.10. The number of nitrogens with one attached hydrogen (secondary N) is 3. The minimum atomic E-state index is 0. The summed E-state index contributed by atoms with van der Waals surface area (Å²) in [6, 6.07) is 16.0. The van der Waals surface area contributed by atoms with Crippen molar-refractivity contribution in [1.82, 2.24) is 5.32 Å². The van der Waals surface area contributed by atoms with E-state index in [1.807, 2.05) is 50.2 Å². The van der Waals surface area contributed by atoms with E-state index in [0.29, 0.717) is 11.4 Å². The van der Waals surface area contributed by atoms with Crippen molar-refractivity contribution in [3.63, 3.8) is 0 Å². The first-order chi connectivity index (χ1) is 15.4. The number of fused-ring (bicyclic) bond motifs is 2. The molecule has 2 heterocycles. The van der Waals surface area contributed by atoms with Crippen LogP contribution in [0.25, 0.3) is 21.9 Å². The van der Waals surface area contributed by atoms with Crippen molar-refractivity contribution in [3.05, 3.63) is 71.2 Å². The molecule has 0 saturated heterocycles. The van der Waals surface area contributed by atoms with Crippen molar-refractivity contribution < 1.29 is 8.83 Å². The van der Waals surface area contributed by atoms with Crippen LogP contribution in [0.1, 0.15) is 55.8 Å². The first-order valence-corrected chi connectivity index (χ1v) is 11.1. The topological polar surface area (TPSA) is 112 Å². The van der Waals surface area contributed by atoms with Crippen LogP contribution in [0, 0.1) is 10.8 Å². The standard InChI is InChI=1S/C26H30N4O2.2ClH/c1-16(2)30-26(29)20-11-9-18-13-22(32-24(18)15-20)7-5-3-4-6-21-12-17-8-10-19(25(27)28)14-23(17)31-21;;/h8-16H,3-7H2,1-2H3,(H3,27,28)(H2,29,30);2*1H. The molecule has 0 aliphatic heterocycles. The van der Waals surface area contributed by atoms with Gasteiger partial charge in [0.2, 0.25) is 0 Å². The second-order valence-electron chi connectivity index (χ2n) is 8.58. The molecule has 34 heavy (non-hydrogen) atoms. The molecule has 0 bridgehead atoms. The summed E-state index contributed by atoms with van der Waals surface area (Å²) < 4.78 is 12.0. The number of unbranched alkanes of at least 4 members (excludes halogenated alkanes) is 2. The third kappa shape index (κ3) is 6.55. The number of furan rings is 2. The molecule has 0 aliphatic rings. The summed E-state index contributed by atoms with van der Waals surface area (Å²) >= 11 is 0. The van der Waals surface area contributed by atoms with Gasteiger partial charge < -0.3 is 19.9 Å². The van der Waals surface area contributed by atoms with E-state index in [9.17, 15) is 0 Å². The highest BCUT2D eigenvalue weighted by Crippen LogP contribution is 2.24. The molecule has 0 amide bonds. The van der Waals surface area contributed by atoms with E-state index in [4.69, 9.17) is 25.4 Å². The zero-order valence-corrected chi connectivity index (χ0v) is 21.1. The molecular formula is C26H32Cl2N4O2. The first kappa shape index (κ1) is 27.3. The Hall–Kier alpha value is -2.96. The molecule has 0 fully saturated rings. The van der Waals surface area contributed by atoms with Crippen LogP contribution >= 0.6 is 24.8 Å². The molecule has 0 spiro atoms. The normalized spacial score (nSPS) is 10.8. The number of hydrogen-bond donors (Lipinski definition) is 4. The Balaban J connectivity index is 0.00000204. The van der Waals surface area contributed by atoms with Gasteiger partial charge in [0.1, 0.15) is 34.4 Å². The van der Waals surface area contributed by atoms with E-state index in [1.54, 1.807) is 0 Å². The maximum Gasteiger partial charge on any atom is 0.135 e. The molecule has 0 atom stereocenters. The molecule has 2 aromatic carbocycles. The van der Waals surface area contributed by atoms with E-state index in [2.05, 4.69) is 17.4 Å². The second kappa shape index (κ2) is 12.0. The molecule has 0 saturated carbocycles. The number of nitrogens with two attached hydrogens (primary N) is 1. The van der Waals surface area contributed by atoms with Crippen molar-refractivity contribution in [2.45, 2.75) is 52.0 Å². The summed E-state index contributed by atoms with van der Waals surface area (Å²) in [6.45, 7) is 4.05. The summed E-state index contributed by atoms with van der Waals surface area (Å²) in [5.74, 6) is 2.43. The van der Waals surface area contributed by atoms with E-state index in [1.165, 1.54) is 0 Å². The monoisotopic (exact) mass is 502 g/mol. The fourth-order valence-corrected chi connectivity index (χ4v) is 3.89. The number of hydrogen-bond acceptors (Lipinski definition) is 4. The van der Waals surface area contributed by atoms with E-state index >= 15 is 0 Å². The summed E-state index contributed by atoms with van der Waals surface area (Å²) in [7, 11) is 0. The van der Waals surface area contributed by atoms with Gasteiger partial charge in [0.05, 0.1) is 0 Å². The predicted octanol–water partition coefficient (Wildman–Crippen LogP) is 6.59. The smallest absolute Gasteiger partial charge is 0.135 e. The highest BCUT2D eigenvalue weighted by molar-refractivity contribution is 5.99. The van der Waals surface area contributed by atoms with Gasteiger partial charge in [0, 0.05) is 40.8 Å². The average Bonchev–Trinajstić information content (AvgIpc) is 3.34. The Kier molecular flexibility index (Phi) is 9.59. The molecule has 0 unspecified atom stereocenters. The van der Waals surface area contributed by atoms with Gasteiger partial charge >= 0.3 is 0 Å². The maximum absolute atomic E-state index is 8.16. The van der Waals surface area contributed by atoms with Crippen LogP contribution in [0.4, 0.5) is 0 Å². The Morgan fingerprint density at radius 3 is 1.79 bits per heavy atom. The van der Waals surface area contributed by atoms with Gasteiger partial charge in [-0.25, -0.2) is 0 Å². The summed E-state index contributed by atoms with van der Waals surface area (Å²) in [4.78, 5) is 0. The molecule has 182 valence electrons. The molecule has 4 rings (SSSR count). The maximum atomic E-state index is 8.16. The van der Waals surface area contributed by atoms with Crippen molar-refractivity contribution in [1.29, 1.82) is 10.8 Å². The zero-order chi connectivity index (χ0) is 22.7.